The third-order valence-corrected chi connectivity index (χ3v) is 7.06. The van der Waals surface area contributed by atoms with Gasteiger partial charge in [-0.15, -0.1) is 0 Å². The first-order valence-corrected chi connectivity index (χ1v) is 12.3. The smallest absolute Gasteiger partial charge is 0.304 e. The van der Waals surface area contributed by atoms with Crippen LogP contribution in [-0.2, 0) is 19.1 Å². The van der Waals surface area contributed by atoms with Gasteiger partial charge in [0.2, 0.25) is 5.91 Å². The second kappa shape index (κ2) is 11.1. The van der Waals surface area contributed by atoms with E-state index in [1.165, 1.54) is 0 Å². The molecule has 4 atom stereocenters. The van der Waals surface area contributed by atoms with Crippen molar-refractivity contribution in [3.05, 3.63) is 69.7 Å². The molecule has 0 saturated carbocycles. The highest BCUT2D eigenvalue weighted by Gasteiger charge is 2.53. The molecule has 2 aromatic carbocycles. The maximum absolute atomic E-state index is 13.8. The Hall–Kier alpha value is -2.41. The van der Waals surface area contributed by atoms with E-state index in [1.807, 2.05) is 51.1 Å². The van der Waals surface area contributed by atoms with Crippen LogP contribution in [0.3, 0.4) is 0 Å². The molecular weight excluding hydrogens is 489 g/mol. The summed E-state index contributed by atoms with van der Waals surface area (Å²) >= 11 is 12.4. The summed E-state index contributed by atoms with van der Waals surface area (Å²) in [7, 11) is 0. The second-order valence-electron chi connectivity index (χ2n) is 10.1. The molecule has 1 heterocycles. The molecule has 1 saturated heterocycles. The van der Waals surface area contributed by atoms with Gasteiger partial charge in [0.15, 0.2) is 0 Å². The molecule has 35 heavy (non-hydrogen) atoms. The Labute approximate surface area is 216 Å². The quantitative estimate of drug-likeness (QED) is 0.407. The number of hydrogen-bond acceptors (Lipinski definition) is 4. The van der Waals surface area contributed by atoms with E-state index >= 15 is 0 Å². The summed E-state index contributed by atoms with van der Waals surface area (Å²) in [4.78, 5) is 37.5. The van der Waals surface area contributed by atoms with Gasteiger partial charge in [-0.3, -0.25) is 9.59 Å². The lowest BCUT2D eigenvalue weighted by Crippen LogP contribution is -2.56. The van der Waals surface area contributed by atoms with E-state index in [9.17, 15) is 19.5 Å². The summed E-state index contributed by atoms with van der Waals surface area (Å²) in [6.45, 7) is 5.71. The van der Waals surface area contributed by atoms with Crippen LogP contribution in [0.15, 0.2) is 48.5 Å². The molecule has 1 amide bonds. The van der Waals surface area contributed by atoms with E-state index in [0.29, 0.717) is 10.0 Å². The van der Waals surface area contributed by atoms with Gasteiger partial charge in [-0.2, -0.15) is 0 Å². The first-order valence-electron chi connectivity index (χ1n) is 11.6. The number of hydrogen-bond donors (Lipinski definition) is 2. The van der Waals surface area contributed by atoms with Gasteiger partial charge in [0.1, 0.15) is 6.29 Å². The Morgan fingerprint density at radius 2 is 1.86 bits per heavy atom. The third-order valence-electron chi connectivity index (χ3n) is 6.58. The van der Waals surface area contributed by atoms with E-state index in [1.54, 1.807) is 18.2 Å². The lowest BCUT2D eigenvalue weighted by atomic mass is 9.61. The number of piperidine rings is 1. The van der Waals surface area contributed by atoms with Gasteiger partial charge in [-0.05, 0) is 62.6 Å². The number of aliphatic carboxylic acids is 1. The van der Waals surface area contributed by atoms with Crippen LogP contribution in [-0.4, -0.2) is 35.5 Å². The van der Waals surface area contributed by atoms with Gasteiger partial charge < -0.3 is 20.0 Å². The number of aldehydes is 1. The number of rotatable bonds is 9. The minimum atomic E-state index is -1.35. The Morgan fingerprint density at radius 1 is 1.17 bits per heavy atom. The fraction of sp³-hybridized carbons (Fsp3) is 0.444. The first kappa shape index (κ1) is 27.2. The van der Waals surface area contributed by atoms with E-state index in [2.05, 4.69) is 5.32 Å². The Morgan fingerprint density at radius 3 is 2.43 bits per heavy atom. The van der Waals surface area contributed by atoms with Gasteiger partial charge in [0.25, 0.3) is 0 Å². The molecule has 0 bridgehead atoms. The maximum atomic E-state index is 13.8. The molecule has 6 nitrogen and oxygen atoms in total. The van der Waals surface area contributed by atoms with Gasteiger partial charge >= 0.3 is 5.97 Å². The number of carboxylic acids is 1. The summed E-state index contributed by atoms with van der Waals surface area (Å²) in [6, 6.07) is 14.1. The van der Waals surface area contributed by atoms with Crippen molar-refractivity contribution in [3.63, 3.8) is 0 Å². The fourth-order valence-electron chi connectivity index (χ4n) is 4.86. The van der Waals surface area contributed by atoms with Crippen molar-refractivity contribution < 1.29 is 24.2 Å². The number of carboxylic acid groups (broad SMARTS) is 1. The molecule has 0 spiro atoms. The number of ether oxygens (including phenoxy) is 1. The lowest BCUT2D eigenvalue weighted by molar-refractivity contribution is -0.156. The molecule has 2 N–H and O–H groups in total. The molecule has 0 unspecified atom stereocenters. The average Bonchev–Trinajstić information content (AvgIpc) is 2.77. The zero-order valence-electron chi connectivity index (χ0n) is 20.1. The first-order chi connectivity index (χ1) is 16.4. The van der Waals surface area contributed by atoms with Crippen molar-refractivity contribution in [2.24, 2.45) is 11.3 Å². The molecular formula is C27H31Cl2NO5. The Balaban J connectivity index is 2.12. The van der Waals surface area contributed by atoms with Gasteiger partial charge in [-0.1, -0.05) is 47.5 Å². The topological polar surface area (TPSA) is 92.7 Å². The van der Waals surface area contributed by atoms with Crippen LogP contribution < -0.4 is 5.32 Å². The van der Waals surface area contributed by atoms with Crippen molar-refractivity contribution >= 4 is 41.4 Å². The average molecular weight is 520 g/mol. The summed E-state index contributed by atoms with van der Waals surface area (Å²) in [6.07, 6.45) is 0.526. The van der Waals surface area contributed by atoms with Gasteiger partial charge in [0, 0.05) is 28.3 Å². The van der Waals surface area contributed by atoms with Gasteiger partial charge in [-0.25, -0.2) is 0 Å². The van der Waals surface area contributed by atoms with E-state index in [4.69, 9.17) is 27.9 Å². The van der Waals surface area contributed by atoms with E-state index < -0.39 is 41.3 Å². The second-order valence-corrected chi connectivity index (χ2v) is 11.0. The molecule has 0 radical (unpaired) electrons. The number of carbonyl (C=O) groups is 3. The van der Waals surface area contributed by atoms with Crippen LogP contribution in [0.25, 0.3) is 0 Å². The van der Waals surface area contributed by atoms with Crippen molar-refractivity contribution in [1.29, 1.82) is 0 Å². The Kier molecular flexibility index (Phi) is 8.63. The monoisotopic (exact) mass is 519 g/mol. The van der Waals surface area contributed by atoms with Crippen LogP contribution >= 0.6 is 23.2 Å². The largest absolute Gasteiger partial charge is 0.481 e. The van der Waals surface area contributed by atoms with Crippen molar-refractivity contribution in [1.82, 2.24) is 5.32 Å². The number of halogens is 2. The van der Waals surface area contributed by atoms with Gasteiger partial charge in [0.05, 0.1) is 30.1 Å². The molecule has 3 rings (SSSR count). The summed E-state index contributed by atoms with van der Waals surface area (Å²) in [5.74, 6) is -2.43. The van der Waals surface area contributed by atoms with Crippen molar-refractivity contribution in [2.75, 3.05) is 6.61 Å². The van der Waals surface area contributed by atoms with Crippen molar-refractivity contribution in [2.45, 2.75) is 57.6 Å². The third kappa shape index (κ3) is 6.63. The molecule has 1 aliphatic heterocycles. The van der Waals surface area contributed by atoms with E-state index in [0.717, 1.165) is 17.4 Å². The zero-order chi connectivity index (χ0) is 25.8. The lowest BCUT2D eigenvalue weighted by Gasteiger charge is -2.48. The minimum absolute atomic E-state index is 0.00462. The zero-order valence-corrected chi connectivity index (χ0v) is 21.6. The molecule has 1 fully saturated rings. The minimum Gasteiger partial charge on any atom is -0.481 e. The number of nitrogens with one attached hydrogen (secondary N) is 1. The summed E-state index contributed by atoms with van der Waals surface area (Å²) in [5.41, 5.74) is -0.161. The van der Waals surface area contributed by atoms with Crippen LogP contribution in [0.1, 0.15) is 63.1 Å². The molecule has 8 heteroatoms. The highest BCUT2D eigenvalue weighted by Crippen LogP contribution is 2.51. The number of carbonyl (C=O) groups excluding carboxylic acids is 2. The summed E-state index contributed by atoms with van der Waals surface area (Å²) in [5, 5.41) is 14.1. The number of amides is 1. The highest BCUT2D eigenvalue weighted by atomic mass is 35.5. The standard InChI is InChI=1S/C27H31Cl2NO5/c1-26(2,3)35-16-19(11-12-31)27(15-23(32)33)14-22(18-5-4-6-21(29)13-18)24(30-25(27)34)17-7-9-20(28)10-8-17/h4-10,12-13,19,22,24H,11,14-16H2,1-3H3,(H,30,34)(H,32,33)/t19-,22-,24-,27-/m1/s1. The predicted molar refractivity (Wildman–Crippen MR) is 136 cm³/mol. The summed E-state index contributed by atoms with van der Waals surface area (Å²) < 4.78 is 5.97. The predicted octanol–water partition coefficient (Wildman–Crippen LogP) is 5.82. The van der Waals surface area contributed by atoms with Crippen molar-refractivity contribution in [3.8, 4) is 0 Å². The normalized spacial score (nSPS) is 23.4. The molecule has 0 aliphatic carbocycles. The molecule has 2 aromatic rings. The fourth-order valence-corrected chi connectivity index (χ4v) is 5.19. The van der Waals surface area contributed by atoms with E-state index in [-0.39, 0.29) is 25.4 Å². The van der Waals surface area contributed by atoms with Crippen LogP contribution in [0.5, 0.6) is 0 Å². The van der Waals surface area contributed by atoms with Crippen LogP contribution in [0.4, 0.5) is 0 Å². The Bertz CT molecular complexity index is 1070. The molecule has 188 valence electrons. The highest BCUT2D eigenvalue weighted by molar-refractivity contribution is 6.30. The number of benzene rings is 2. The molecule has 1 aliphatic rings. The molecule has 0 aromatic heterocycles. The van der Waals surface area contributed by atoms with Crippen LogP contribution in [0.2, 0.25) is 10.0 Å². The maximum Gasteiger partial charge on any atom is 0.304 e. The SMILES string of the molecule is CC(C)(C)OC[C@@H](CC=O)[C@]1(CC(=O)O)C[C@H](c2cccc(Cl)c2)[C@@H](c2ccc(Cl)cc2)NC1=O. The van der Waals surface area contributed by atoms with Crippen LogP contribution in [0, 0.1) is 11.3 Å².